The fraction of sp³-hybridized carbons (Fsp3) is 0.882. The molecule has 2 N–H and O–H groups in total. The van der Waals surface area contributed by atoms with Crippen LogP contribution in [0, 0.1) is 5.92 Å². The fourth-order valence-electron chi connectivity index (χ4n) is 2.65. The van der Waals surface area contributed by atoms with Crippen LogP contribution in [0.1, 0.15) is 53.9 Å². The molecule has 0 aliphatic carbocycles. The van der Waals surface area contributed by atoms with Crippen molar-refractivity contribution in [3.05, 3.63) is 0 Å². The van der Waals surface area contributed by atoms with Gasteiger partial charge in [0.2, 0.25) is 5.91 Å². The normalized spacial score (nSPS) is 18.3. The number of carbonyl (C=O) groups is 2. The van der Waals surface area contributed by atoms with E-state index in [1.54, 1.807) is 0 Å². The quantitative estimate of drug-likeness (QED) is 0.784. The molecule has 1 aliphatic rings. The Morgan fingerprint density at radius 1 is 1.22 bits per heavy atom. The summed E-state index contributed by atoms with van der Waals surface area (Å²) in [5.74, 6) is 0.557. The summed E-state index contributed by atoms with van der Waals surface area (Å²) >= 11 is 0. The van der Waals surface area contributed by atoms with E-state index in [9.17, 15) is 9.59 Å². The third kappa shape index (κ3) is 7.68. The van der Waals surface area contributed by atoms with Gasteiger partial charge in [-0.25, -0.2) is 4.79 Å². The van der Waals surface area contributed by atoms with Gasteiger partial charge in [0.05, 0.1) is 6.04 Å². The van der Waals surface area contributed by atoms with Gasteiger partial charge in [0.1, 0.15) is 5.60 Å². The van der Waals surface area contributed by atoms with Crippen LogP contribution in [0.4, 0.5) is 4.79 Å². The number of alkyl carbamates (subject to hydrolysis) is 1. The van der Waals surface area contributed by atoms with Gasteiger partial charge in [-0.1, -0.05) is 6.92 Å². The predicted molar refractivity (Wildman–Crippen MR) is 91.3 cm³/mol. The highest BCUT2D eigenvalue weighted by molar-refractivity contribution is 5.81. The molecule has 1 rings (SSSR count). The molecule has 0 bridgehead atoms. The molecule has 6 heteroatoms. The highest BCUT2D eigenvalue weighted by Crippen LogP contribution is 2.18. The zero-order valence-corrected chi connectivity index (χ0v) is 15.3. The average Bonchev–Trinajstić information content (AvgIpc) is 2.48. The van der Waals surface area contributed by atoms with E-state index >= 15 is 0 Å². The van der Waals surface area contributed by atoms with Crippen molar-refractivity contribution < 1.29 is 14.3 Å². The summed E-state index contributed by atoms with van der Waals surface area (Å²) in [5.41, 5.74) is -0.464. The molecule has 0 aromatic heterocycles. The minimum absolute atomic E-state index is 0.0821. The lowest BCUT2D eigenvalue weighted by atomic mass is 9.96. The lowest BCUT2D eigenvalue weighted by Gasteiger charge is -2.35. The first-order chi connectivity index (χ1) is 10.7. The van der Waals surface area contributed by atoms with Gasteiger partial charge in [0.25, 0.3) is 0 Å². The van der Waals surface area contributed by atoms with E-state index < -0.39 is 5.60 Å². The molecule has 1 atom stereocenters. The Balaban J connectivity index is 2.27. The van der Waals surface area contributed by atoms with Crippen LogP contribution in [0.3, 0.4) is 0 Å². The van der Waals surface area contributed by atoms with Crippen LogP contribution >= 0.6 is 0 Å². The molecule has 1 fully saturated rings. The molecule has 1 heterocycles. The summed E-state index contributed by atoms with van der Waals surface area (Å²) in [6.07, 6.45) is 2.58. The van der Waals surface area contributed by atoms with E-state index in [0.717, 1.165) is 38.9 Å². The average molecular weight is 327 g/mol. The monoisotopic (exact) mass is 327 g/mol. The Hall–Kier alpha value is -1.30. The molecule has 23 heavy (non-hydrogen) atoms. The van der Waals surface area contributed by atoms with Gasteiger partial charge in [-0.05, 0) is 66.0 Å². The molecule has 2 amide bonds. The molecule has 0 radical (unpaired) electrons. The van der Waals surface area contributed by atoms with E-state index in [1.807, 2.05) is 34.6 Å². The summed E-state index contributed by atoms with van der Waals surface area (Å²) in [7, 11) is 0. The maximum atomic E-state index is 12.0. The van der Waals surface area contributed by atoms with Crippen molar-refractivity contribution in [2.24, 2.45) is 5.92 Å². The zero-order valence-electron chi connectivity index (χ0n) is 15.3. The first-order valence-corrected chi connectivity index (χ1v) is 8.71. The largest absolute Gasteiger partial charge is 0.444 e. The van der Waals surface area contributed by atoms with Gasteiger partial charge in [-0.15, -0.1) is 0 Å². The Bertz CT molecular complexity index is 385. The molecule has 1 saturated heterocycles. The Morgan fingerprint density at radius 2 is 1.83 bits per heavy atom. The third-order valence-corrected chi connectivity index (χ3v) is 4.06. The van der Waals surface area contributed by atoms with Gasteiger partial charge in [0.15, 0.2) is 0 Å². The SMILES string of the molecule is CCCNC(=O)[C@@H](C)N1CCC(CNC(=O)OC(C)(C)C)CC1. The van der Waals surface area contributed by atoms with Crippen molar-refractivity contribution >= 4 is 12.0 Å². The number of piperidine rings is 1. The number of hydrogen-bond donors (Lipinski definition) is 2. The van der Waals surface area contributed by atoms with Crippen molar-refractivity contribution in [1.29, 1.82) is 0 Å². The Labute approximate surface area is 140 Å². The number of hydrogen-bond acceptors (Lipinski definition) is 4. The Morgan fingerprint density at radius 3 is 2.35 bits per heavy atom. The summed E-state index contributed by atoms with van der Waals surface area (Å²) in [4.78, 5) is 25.9. The van der Waals surface area contributed by atoms with Gasteiger partial charge < -0.3 is 15.4 Å². The number of amides is 2. The van der Waals surface area contributed by atoms with Crippen LogP contribution < -0.4 is 10.6 Å². The molecule has 6 nitrogen and oxygen atoms in total. The first kappa shape index (κ1) is 19.7. The van der Waals surface area contributed by atoms with Gasteiger partial charge >= 0.3 is 6.09 Å². The predicted octanol–water partition coefficient (Wildman–Crippen LogP) is 2.14. The van der Waals surface area contributed by atoms with Crippen LogP contribution in [0.25, 0.3) is 0 Å². The van der Waals surface area contributed by atoms with Crippen LogP contribution in [-0.4, -0.2) is 54.7 Å². The molecule has 1 aliphatic heterocycles. The van der Waals surface area contributed by atoms with Crippen molar-refractivity contribution in [2.75, 3.05) is 26.2 Å². The lowest BCUT2D eigenvalue weighted by Crippen LogP contribution is -2.49. The first-order valence-electron chi connectivity index (χ1n) is 8.71. The smallest absolute Gasteiger partial charge is 0.407 e. The summed E-state index contributed by atoms with van der Waals surface area (Å²) in [6.45, 7) is 12.7. The van der Waals surface area contributed by atoms with Crippen LogP contribution in [0.5, 0.6) is 0 Å². The standard InChI is InChI=1S/C17H33N3O3/c1-6-9-18-15(21)13(2)20-10-7-14(8-11-20)12-19-16(22)23-17(3,4)5/h13-14H,6-12H2,1-5H3,(H,18,21)(H,19,22)/t13-/m1/s1. The molecular weight excluding hydrogens is 294 g/mol. The van der Waals surface area contributed by atoms with E-state index in [0.29, 0.717) is 12.5 Å². The lowest BCUT2D eigenvalue weighted by molar-refractivity contribution is -0.126. The maximum Gasteiger partial charge on any atom is 0.407 e. The number of nitrogens with one attached hydrogen (secondary N) is 2. The zero-order chi connectivity index (χ0) is 17.5. The number of ether oxygens (including phenoxy) is 1. The van der Waals surface area contributed by atoms with Crippen LogP contribution in [0.15, 0.2) is 0 Å². The number of rotatable bonds is 6. The summed E-state index contributed by atoms with van der Waals surface area (Å²) in [6, 6.07) is -0.0821. The van der Waals surface area contributed by atoms with E-state index in [-0.39, 0.29) is 18.0 Å². The van der Waals surface area contributed by atoms with Crippen LogP contribution in [0.2, 0.25) is 0 Å². The van der Waals surface area contributed by atoms with E-state index in [2.05, 4.69) is 15.5 Å². The number of carbonyl (C=O) groups excluding carboxylic acids is 2. The van der Waals surface area contributed by atoms with Crippen LogP contribution in [-0.2, 0) is 9.53 Å². The highest BCUT2D eigenvalue weighted by atomic mass is 16.6. The van der Waals surface area contributed by atoms with E-state index in [4.69, 9.17) is 4.74 Å². The fourth-order valence-corrected chi connectivity index (χ4v) is 2.65. The van der Waals surface area contributed by atoms with Gasteiger partial charge in [-0.3, -0.25) is 9.69 Å². The minimum atomic E-state index is -0.464. The molecule has 0 unspecified atom stereocenters. The molecular formula is C17H33N3O3. The van der Waals surface area contributed by atoms with E-state index in [1.165, 1.54) is 0 Å². The number of likely N-dealkylation sites (tertiary alicyclic amines) is 1. The highest BCUT2D eigenvalue weighted by Gasteiger charge is 2.27. The third-order valence-electron chi connectivity index (χ3n) is 4.06. The van der Waals surface area contributed by atoms with Crippen molar-refractivity contribution in [3.63, 3.8) is 0 Å². The topological polar surface area (TPSA) is 70.7 Å². The van der Waals surface area contributed by atoms with Crippen molar-refractivity contribution in [2.45, 2.75) is 65.5 Å². The maximum absolute atomic E-state index is 12.0. The second-order valence-electron chi connectivity index (χ2n) is 7.33. The molecule has 0 saturated carbocycles. The molecule has 0 aromatic rings. The minimum Gasteiger partial charge on any atom is -0.444 e. The Kier molecular flexibility index (Phi) is 7.82. The molecule has 0 spiro atoms. The molecule has 134 valence electrons. The van der Waals surface area contributed by atoms with Crippen molar-refractivity contribution in [3.8, 4) is 0 Å². The van der Waals surface area contributed by atoms with Gasteiger partial charge in [-0.2, -0.15) is 0 Å². The summed E-state index contributed by atoms with van der Waals surface area (Å²) < 4.78 is 5.24. The number of nitrogens with zero attached hydrogens (tertiary/aromatic N) is 1. The van der Waals surface area contributed by atoms with Gasteiger partial charge in [0, 0.05) is 13.1 Å². The second-order valence-corrected chi connectivity index (χ2v) is 7.33. The second kappa shape index (κ2) is 9.11. The molecule has 0 aromatic carbocycles. The summed E-state index contributed by atoms with van der Waals surface area (Å²) in [5, 5.41) is 5.79. The van der Waals surface area contributed by atoms with Crippen molar-refractivity contribution in [1.82, 2.24) is 15.5 Å².